The number of thioether (sulfide) groups is 1. The molecule has 1 saturated heterocycles. The molecule has 0 bridgehead atoms. The van der Waals surface area contributed by atoms with E-state index in [9.17, 15) is 17.6 Å². The molecular formula is C24H26FN3O3S2. The molecule has 0 amide bonds. The summed E-state index contributed by atoms with van der Waals surface area (Å²) in [4.78, 5) is 17.3. The molecule has 0 N–H and O–H groups in total. The van der Waals surface area contributed by atoms with E-state index in [1.807, 2.05) is 24.5 Å². The maximum atomic E-state index is 13.2. The van der Waals surface area contributed by atoms with E-state index in [-0.39, 0.29) is 22.2 Å². The molecule has 0 aliphatic carbocycles. The summed E-state index contributed by atoms with van der Waals surface area (Å²) in [5.74, 6) is -0.0941. The summed E-state index contributed by atoms with van der Waals surface area (Å²) in [5, 5.41) is 0.601. The van der Waals surface area contributed by atoms with E-state index in [1.54, 1.807) is 24.3 Å². The smallest absolute Gasteiger partial charge is 0.244 e. The zero-order chi connectivity index (χ0) is 23.6. The molecule has 1 aromatic carbocycles. The highest BCUT2D eigenvalue weighted by Crippen LogP contribution is 2.24. The van der Waals surface area contributed by atoms with Gasteiger partial charge in [0.2, 0.25) is 10.0 Å². The quantitative estimate of drug-likeness (QED) is 0.347. The predicted octanol–water partition coefficient (Wildman–Crippen LogP) is 4.45. The number of Topliss-reactive ketones (excluding diaryl/α,β-unsaturated/α-hetero) is 1. The molecule has 2 aromatic heterocycles. The largest absolute Gasteiger partial charge is 0.344 e. The molecule has 0 atom stereocenters. The minimum absolute atomic E-state index is 0.0194. The highest BCUT2D eigenvalue weighted by Gasteiger charge is 2.27. The lowest BCUT2D eigenvalue weighted by molar-refractivity contribution is 0.102. The van der Waals surface area contributed by atoms with Crippen LogP contribution in [0.25, 0.3) is 0 Å². The molecule has 1 aliphatic rings. The van der Waals surface area contributed by atoms with E-state index >= 15 is 0 Å². The Bertz CT molecular complexity index is 1250. The van der Waals surface area contributed by atoms with Crippen LogP contribution in [0.2, 0.25) is 0 Å². The van der Waals surface area contributed by atoms with Crippen molar-refractivity contribution in [2.45, 2.75) is 43.2 Å². The van der Waals surface area contributed by atoms with Gasteiger partial charge in [0.1, 0.15) is 10.7 Å². The fourth-order valence-corrected chi connectivity index (χ4v) is 6.19. The number of hydrogen-bond donors (Lipinski definition) is 0. The minimum atomic E-state index is -3.49. The average Bonchev–Trinajstić information content (AvgIpc) is 3.44. The number of ketones is 1. The van der Waals surface area contributed by atoms with Crippen molar-refractivity contribution in [2.75, 3.05) is 18.8 Å². The maximum Gasteiger partial charge on any atom is 0.244 e. The van der Waals surface area contributed by atoms with Crippen LogP contribution in [-0.4, -0.2) is 46.9 Å². The van der Waals surface area contributed by atoms with Gasteiger partial charge in [0.05, 0.1) is 10.8 Å². The van der Waals surface area contributed by atoms with Crippen molar-refractivity contribution in [3.05, 3.63) is 77.0 Å². The third-order valence-electron chi connectivity index (χ3n) is 5.89. The number of nitrogens with zero attached hydrogens (tertiary/aromatic N) is 3. The van der Waals surface area contributed by atoms with E-state index in [0.29, 0.717) is 30.2 Å². The predicted molar refractivity (Wildman–Crippen MR) is 127 cm³/mol. The normalized spacial score (nSPS) is 14.6. The number of hydrogen-bond acceptors (Lipinski definition) is 5. The van der Waals surface area contributed by atoms with Crippen LogP contribution in [0.4, 0.5) is 4.39 Å². The number of benzene rings is 1. The summed E-state index contributed by atoms with van der Waals surface area (Å²) in [6, 6.07) is 11.4. The average molecular weight is 488 g/mol. The Labute approximate surface area is 197 Å². The van der Waals surface area contributed by atoms with Crippen molar-refractivity contribution in [2.24, 2.45) is 0 Å². The van der Waals surface area contributed by atoms with Gasteiger partial charge in [0, 0.05) is 42.8 Å². The van der Waals surface area contributed by atoms with Crippen LogP contribution in [0.3, 0.4) is 0 Å². The van der Waals surface area contributed by atoms with Crippen molar-refractivity contribution in [1.29, 1.82) is 0 Å². The number of carbonyl (C=O) groups excluding carboxylic acids is 1. The molecule has 1 fully saturated rings. The number of pyridine rings is 1. The van der Waals surface area contributed by atoms with E-state index in [4.69, 9.17) is 0 Å². The Morgan fingerprint density at radius 3 is 2.42 bits per heavy atom. The fourth-order valence-electron chi connectivity index (χ4n) is 4.00. The molecule has 1 aliphatic heterocycles. The third kappa shape index (κ3) is 5.20. The van der Waals surface area contributed by atoms with Crippen molar-refractivity contribution >= 4 is 27.6 Å². The van der Waals surface area contributed by atoms with Crippen molar-refractivity contribution in [3.63, 3.8) is 0 Å². The first-order chi connectivity index (χ1) is 15.8. The Morgan fingerprint density at radius 2 is 1.79 bits per heavy atom. The summed E-state index contributed by atoms with van der Waals surface area (Å²) in [5.41, 5.74) is 3.43. The van der Waals surface area contributed by atoms with Crippen molar-refractivity contribution in [3.8, 4) is 0 Å². The van der Waals surface area contributed by atoms with Gasteiger partial charge in [-0.3, -0.25) is 4.79 Å². The molecule has 174 valence electrons. The summed E-state index contributed by atoms with van der Waals surface area (Å²) in [6.45, 7) is 5.51. The number of aromatic nitrogens is 2. The maximum absolute atomic E-state index is 13.2. The van der Waals surface area contributed by atoms with Crippen LogP contribution in [0.5, 0.6) is 0 Å². The second-order valence-corrected chi connectivity index (χ2v) is 11.1. The fraction of sp³-hybridized carbons (Fsp3) is 0.333. The first-order valence-electron chi connectivity index (χ1n) is 10.8. The van der Waals surface area contributed by atoms with Crippen LogP contribution in [0.15, 0.2) is 58.6 Å². The number of halogens is 1. The van der Waals surface area contributed by atoms with Crippen molar-refractivity contribution in [1.82, 2.24) is 13.9 Å². The van der Waals surface area contributed by atoms with Gasteiger partial charge in [-0.2, -0.15) is 4.31 Å². The van der Waals surface area contributed by atoms with E-state index in [0.717, 1.165) is 29.8 Å². The van der Waals surface area contributed by atoms with Crippen LogP contribution < -0.4 is 0 Å². The van der Waals surface area contributed by atoms with Gasteiger partial charge in [-0.1, -0.05) is 23.9 Å². The van der Waals surface area contributed by atoms with Crippen LogP contribution in [0.1, 0.15) is 40.2 Å². The number of rotatable bonds is 8. The Hall–Kier alpha value is -2.49. The second kappa shape index (κ2) is 9.79. The lowest BCUT2D eigenvalue weighted by Crippen LogP contribution is -2.27. The van der Waals surface area contributed by atoms with Crippen LogP contribution in [0, 0.1) is 19.7 Å². The molecule has 0 saturated carbocycles. The van der Waals surface area contributed by atoms with Gasteiger partial charge in [0.15, 0.2) is 5.78 Å². The zero-order valence-corrected chi connectivity index (χ0v) is 20.3. The van der Waals surface area contributed by atoms with Crippen LogP contribution >= 0.6 is 11.8 Å². The van der Waals surface area contributed by atoms with E-state index < -0.39 is 10.0 Å². The van der Waals surface area contributed by atoms with Crippen molar-refractivity contribution < 1.29 is 17.6 Å². The molecule has 9 heteroatoms. The SMILES string of the molecule is Cc1cc(C(=O)CSc2ccc(S(=O)(=O)N3CCCC3)cn2)c(C)n1Cc1ccc(F)cc1. The lowest BCUT2D eigenvalue weighted by Gasteiger charge is -2.15. The molecule has 0 spiro atoms. The Kier molecular flexibility index (Phi) is 7.02. The summed E-state index contributed by atoms with van der Waals surface area (Å²) in [7, 11) is -3.49. The monoisotopic (exact) mass is 487 g/mol. The molecule has 3 heterocycles. The summed E-state index contributed by atoms with van der Waals surface area (Å²) in [6.07, 6.45) is 3.13. The van der Waals surface area contributed by atoms with Gasteiger partial charge in [0.25, 0.3) is 0 Å². The standard InChI is InChI=1S/C24H26FN3O3S2/c1-17-13-22(18(2)28(17)15-19-5-7-20(25)8-6-19)23(29)16-32-24-10-9-21(14-26-24)33(30,31)27-11-3-4-12-27/h5-10,13-14H,3-4,11-12,15-16H2,1-2H3. The van der Waals surface area contributed by atoms with Gasteiger partial charge < -0.3 is 4.57 Å². The minimum Gasteiger partial charge on any atom is -0.344 e. The molecule has 0 unspecified atom stereocenters. The Morgan fingerprint density at radius 1 is 1.09 bits per heavy atom. The molecule has 4 rings (SSSR count). The zero-order valence-electron chi connectivity index (χ0n) is 18.6. The van der Waals surface area contributed by atoms with Gasteiger partial charge in [-0.15, -0.1) is 0 Å². The molecule has 3 aromatic rings. The van der Waals surface area contributed by atoms with E-state index in [2.05, 4.69) is 4.98 Å². The molecular weight excluding hydrogens is 461 g/mol. The van der Waals surface area contributed by atoms with Gasteiger partial charge in [-0.05, 0) is 62.6 Å². The first kappa shape index (κ1) is 23.7. The highest BCUT2D eigenvalue weighted by molar-refractivity contribution is 7.99. The molecule has 33 heavy (non-hydrogen) atoms. The lowest BCUT2D eigenvalue weighted by atomic mass is 10.2. The number of sulfonamides is 1. The number of aryl methyl sites for hydroxylation is 1. The van der Waals surface area contributed by atoms with Gasteiger partial charge >= 0.3 is 0 Å². The third-order valence-corrected chi connectivity index (χ3v) is 8.72. The molecule has 0 radical (unpaired) electrons. The van der Waals surface area contributed by atoms with E-state index in [1.165, 1.54) is 34.4 Å². The second-order valence-electron chi connectivity index (χ2n) is 8.15. The topological polar surface area (TPSA) is 72.3 Å². The Balaban J connectivity index is 1.41. The highest BCUT2D eigenvalue weighted by atomic mass is 32.2. The number of carbonyl (C=O) groups is 1. The summed E-state index contributed by atoms with van der Waals surface area (Å²) < 4.78 is 42.0. The molecule has 6 nitrogen and oxygen atoms in total. The summed E-state index contributed by atoms with van der Waals surface area (Å²) >= 11 is 1.28. The first-order valence-corrected chi connectivity index (χ1v) is 13.2. The van der Waals surface area contributed by atoms with Gasteiger partial charge in [-0.25, -0.2) is 17.8 Å². The van der Waals surface area contributed by atoms with Crippen LogP contribution in [-0.2, 0) is 16.6 Å².